The summed E-state index contributed by atoms with van der Waals surface area (Å²) in [5.41, 5.74) is 1.80. The molecule has 3 rings (SSSR count). The van der Waals surface area contributed by atoms with Crippen molar-refractivity contribution in [2.45, 2.75) is 23.6 Å². The molecule has 1 N–H and O–H groups in total. The van der Waals surface area contributed by atoms with Crippen LogP contribution >= 0.6 is 11.8 Å². The summed E-state index contributed by atoms with van der Waals surface area (Å²) in [4.78, 5) is 12.6. The number of amides is 1. The summed E-state index contributed by atoms with van der Waals surface area (Å²) >= 11 is 1.44. The molecule has 7 nitrogen and oxygen atoms in total. The molecule has 30 heavy (non-hydrogen) atoms. The van der Waals surface area contributed by atoms with Gasteiger partial charge in [-0.25, -0.2) is 12.7 Å². The minimum absolute atomic E-state index is 0.0838. The third-order valence-electron chi connectivity index (χ3n) is 4.62. The summed E-state index contributed by atoms with van der Waals surface area (Å²) in [7, 11) is -0.461. The highest BCUT2D eigenvalue weighted by Crippen LogP contribution is 2.32. The lowest BCUT2D eigenvalue weighted by Gasteiger charge is -2.21. The van der Waals surface area contributed by atoms with Crippen LogP contribution in [0.15, 0.2) is 47.4 Å². The molecule has 2 aromatic carbocycles. The summed E-state index contributed by atoms with van der Waals surface area (Å²) < 4.78 is 36.8. The fraction of sp³-hybridized carbons (Fsp3) is 0.381. The normalized spacial score (nSPS) is 14.4. The van der Waals surface area contributed by atoms with Crippen molar-refractivity contribution in [3.8, 4) is 11.5 Å². The van der Waals surface area contributed by atoms with Gasteiger partial charge in [0.1, 0.15) is 13.2 Å². The molecule has 0 saturated heterocycles. The lowest BCUT2D eigenvalue weighted by Crippen LogP contribution is -2.28. The van der Waals surface area contributed by atoms with E-state index < -0.39 is 10.0 Å². The van der Waals surface area contributed by atoms with Crippen LogP contribution in [0.25, 0.3) is 0 Å². The molecular formula is C21H26N2O5S2. The van der Waals surface area contributed by atoms with Gasteiger partial charge in [-0.05, 0) is 42.3 Å². The topological polar surface area (TPSA) is 84.9 Å². The molecule has 162 valence electrons. The van der Waals surface area contributed by atoms with Gasteiger partial charge in [-0.2, -0.15) is 0 Å². The standard InChI is InChI=1S/C21H26N2O5S2/c1-15(17-7-8-19-20(12-17)28-10-9-27-19)22-21(24)14-29-13-16-5-4-6-18(11-16)30(25,26)23(2)3/h4-8,11-12,15H,9-10,13-14H2,1-3H3,(H,22,24). The monoisotopic (exact) mass is 450 g/mol. The zero-order chi connectivity index (χ0) is 21.7. The number of ether oxygens (including phenoxy) is 2. The van der Waals surface area contributed by atoms with Crippen LogP contribution in [0.1, 0.15) is 24.1 Å². The Labute approximate surface area is 181 Å². The maximum Gasteiger partial charge on any atom is 0.242 e. The molecule has 1 unspecified atom stereocenters. The van der Waals surface area contributed by atoms with E-state index in [9.17, 15) is 13.2 Å². The SMILES string of the molecule is CC(NC(=O)CSCc1cccc(S(=O)(=O)N(C)C)c1)c1ccc2c(c1)OCCO2. The number of nitrogens with zero attached hydrogens (tertiary/aromatic N) is 1. The summed E-state index contributed by atoms with van der Waals surface area (Å²) in [6.45, 7) is 2.98. The van der Waals surface area contributed by atoms with Gasteiger partial charge in [0.05, 0.1) is 16.7 Å². The highest BCUT2D eigenvalue weighted by Gasteiger charge is 2.18. The van der Waals surface area contributed by atoms with E-state index in [0.29, 0.717) is 24.7 Å². The number of fused-ring (bicyclic) bond motifs is 1. The number of rotatable bonds is 8. The number of carbonyl (C=O) groups is 1. The van der Waals surface area contributed by atoms with E-state index in [1.807, 2.05) is 31.2 Å². The van der Waals surface area contributed by atoms with Crippen molar-refractivity contribution in [2.75, 3.05) is 33.1 Å². The molecule has 0 fully saturated rings. The number of thioether (sulfide) groups is 1. The maximum atomic E-state index is 12.3. The van der Waals surface area contributed by atoms with Crippen LogP contribution in [0.3, 0.4) is 0 Å². The highest BCUT2D eigenvalue weighted by molar-refractivity contribution is 7.99. The molecule has 1 amide bonds. The Hall–Kier alpha value is -2.23. The van der Waals surface area contributed by atoms with E-state index in [4.69, 9.17) is 9.47 Å². The van der Waals surface area contributed by atoms with Gasteiger partial charge in [-0.3, -0.25) is 4.79 Å². The van der Waals surface area contributed by atoms with Gasteiger partial charge in [0, 0.05) is 19.8 Å². The van der Waals surface area contributed by atoms with E-state index >= 15 is 0 Å². The van der Waals surface area contributed by atoms with E-state index in [2.05, 4.69) is 5.32 Å². The molecule has 0 spiro atoms. The van der Waals surface area contributed by atoms with Gasteiger partial charge in [0.2, 0.25) is 15.9 Å². The zero-order valence-electron chi connectivity index (χ0n) is 17.3. The number of hydrogen-bond donors (Lipinski definition) is 1. The van der Waals surface area contributed by atoms with Crippen molar-refractivity contribution in [1.82, 2.24) is 9.62 Å². The molecule has 2 aromatic rings. The van der Waals surface area contributed by atoms with E-state index in [-0.39, 0.29) is 22.6 Å². The third kappa shape index (κ3) is 5.47. The first-order chi connectivity index (χ1) is 14.3. The Morgan fingerprint density at radius 3 is 2.60 bits per heavy atom. The molecule has 1 heterocycles. The first-order valence-corrected chi connectivity index (χ1v) is 12.1. The summed E-state index contributed by atoms with van der Waals surface area (Å²) in [5, 5.41) is 2.98. The second kappa shape index (κ2) is 9.72. The van der Waals surface area contributed by atoms with Crippen molar-refractivity contribution >= 4 is 27.7 Å². The molecule has 0 bridgehead atoms. The van der Waals surface area contributed by atoms with Crippen LogP contribution in [0.4, 0.5) is 0 Å². The van der Waals surface area contributed by atoms with Gasteiger partial charge in [0.15, 0.2) is 11.5 Å². The van der Waals surface area contributed by atoms with Crippen molar-refractivity contribution in [3.05, 3.63) is 53.6 Å². The predicted octanol–water partition coefficient (Wildman–Crippen LogP) is 2.82. The number of sulfonamides is 1. The smallest absolute Gasteiger partial charge is 0.242 e. The quantitative estimate of drug-likeness (QED) is 0.666. The third-order valence-corrected chi connectivity index (χ3v) is 7.44. The summed E-state index contributed by atoms with van der Waals surface area (Å²) in [6, 6.07) is 12.3. The van der Waals surface area contributed by atoms with Crippen LogP contribution in [0.5, 0.6) is 11.5 Å². The van der Waals surface area contributed by atoms with E-state index in [0.717, 1.165) is 16.9 Å². The summed E-state index contributed by atoms with van der Waals surface area (Å²) in [6.07, 6.45) is 0. The molecule has 1 aliphatic heterocycles. The van der Waals surface area contributed by atoms with Crippen LogP contribution in [0, 0.1) is 0 Å². The molecule has 0 saturated carbocycles. The Bertz CT molecular complexity index is 1010. The Kier molecular flexibility index (Phi) is 7.27. The van der Waals surface area contributed by atoms with Gasteiger partial charge >= 0.3 is 0 Å². The first-order valence-electron chi connectivity index (χ1n) is 9.55. The first kappa shape index (κ1) is 22.5. The summed E-state index contributed by atoms with van der Waals surface area (Å²) in [5.74, 6) is 2.15. The lowest BCUT2D eigenvalue weighted by atomic mass is 10.1. The predicted molar refractivity (Wildman–Crippen MR) is 117 cm³/mol. The fourth-order valence-corrected chi connectivity index (χ4v) is 4.72. The van der Waals surface area contributed by atoms with E-state index in [1.54, 1.807) is 18.2 Å². The van der Waals surface area contributed by atoms with Gasteiger partial charge < -0.3 is 14.8 Å². The largest absolute Gasteiger partial charge is 0.486 e. The van der Waals surface area contributed by atoms with Crippen molar-refractivity contribution in [1.29, 1.82) is 0 Å². The van der Waals surface area contributed by atoms with Gasteiger partial charge in [-0.15, -0.1) is 11.8 Å². The van der Waals surface area contributed by atoms with E-state index in [1.165, 1.54) is 30.2 Å². The Morgan fingerprint density at radius 1 is 1.13 bits per heavy atom. The lowest BCUT2D eigenvalue weighted by molar-refractivity contribution is -0.119. The number of nitrogens with one attached hydrogen (secondary N) is 1. The average Bonchev–Trinajstić information content (AvgIpc) is 2.73. The average molecular weight is 451 g/mol. The van der Waals surface area contributed by atoms with Crippen molar-refractivity contribution in [2.24, 2.45) is 0 Å². The maximum absolute atomic E-state index is 12.3. The molecule has 0 aliphatic carbocycles. The Balaban J connectivity index is 1.52. The van der Waals surface area contributed by atoms with Crippen molar-refractivity contribution < 1.29 is 22.7 Å². The molecule has 0 radical (unpaired) electrons. The van der Waals surface area contributed by atoms with Crippen LogP contribution in [-0.2, 0) is 20.6 Å². The van der Waals surface area contributed by atoms with Crippen LogP contribution in [0.2, 0.25) is 0 Å². The Morgan fingerprint density at radius 2 is 1.87 bits per heavy atom. The number of hydrogen-bond acceptors (Lipinski definition) is 6. The molecule has 1 aliphatic rings. The molecule has 0 aromatic heterocycles. The second-order valence-electron chi connectivity index (χ2n) is 7.12. The van der Waals surface area contributed by atoms with Crippen LogP contribution < -0.4 is 14.8 Å². The minimum atomic E-state index is -3.47. The second-order valence-corrected chi connectivity index (χ2v) is 10.3. The van der Waals surface area contributed by atoms with Crippen molar-refractivity contribution in [3.63, 3.8) is 0 Å². The highest BCUT2D eigenvalue weighted by atomic mass is 32.2. The molecule has 9 heteroatoms. The number of carbonyl (C=O) groups excluding carboxylic acids is 1. The van der Waals surface area contributed by atoms with Gasteiger partial charge in [0.25, 0.3) is 0 Å². The van der Waals surface area contributed by atoms with Crippen LogP contribution in [-0.4, -0.2) is 51.7 Å². The molecule has 1 atom stereocenters. The fourth-order valence-electron chi connectivity index (χ4n) is 2.96. The van der Waals surface area contributed by atoms with Gasteiger partial charge in [-0.1, -0.05) is 18.2 Å². The minimum Gasteiger partial charge on any atom is -0.486 e. The zero-order valence-corrected chi connectivity index (χ0v) is 18.9. The molecular weight excluding hydrogens is 424 g/mol. The number of benzene rings is 2.